The van der Waals surface area contributed by atoms with Crippen molar-refractivity contribution in [2.24, 2.45) is 5.92 Å². The monoisotopic (exact) mass is 347 g/mol. The number of hydrogen-bond donors (Lipinski definition) is 3. The number of nitrogens with one attached hydrogen (secondary N) is 2. The molecule has 5 nitrogen and oxygen atoms in total. The molecule has 2 unspecified atom stereocenters. The summed E-state index contributed by atoms with van der Waals surface area (Å²) < 4.78 is 0. The molecule has 2 amide bonds. The second-order valence-electron chi connectivity index (χ2n) is 6.54. The molecule has 2 aromatic heterocycles. The number of amides is 2. The zero-order valence-corrected chi connectivity index (χ0v) is 15.4. The average molecular weight is 347 g/mol. The number of pyridine rings is 1. The van der Waals surface area contributed by atoms with Crippen molar-refractivity contribution in [3.63, 3.8) is 0 Å². The Bertz CT molecular complexity index is 669. The summed E-state index contributed by atoms with van der Waals surface area (Å²) >= 11 is 1.52. The quantitative estimate of drug-likeness (QED) is 0.750. The lowest BCUT2D eigenvalue weighted by Crippen LogP contribution is -2.45. The number of rotatable bonds is 6. The van der Waals surface area contributed by atoms with Gasteiger partial charge in [-0.3, -0.25) is 4.98 Å². The van der Waals surface area contributed by atoms with E-state index in [1.54, 1.807) is 13.1 Å². The molecule has 0 bridgehead atoms. The van der Waals surface area contributed by atoms with E-state index in [4.69, 9.17) is 0 Å². The van der Waals surface area contributed by atoms with Crippen molar-refractivity contribution in [3.8, 4) is 0 Å². The van der Waals surface area contributed by atoms with Gasteiger partial charge in [0.2, 0.25) is 0 Å². The topological polar surface area (TPSA) is 74.2 Å². The van der Waals surface area contributed by atoms with E-state index in [2.05, 4.69) is 15.6 Å². The summed E-state index contributed by atoms with van der Waals surface area (Å²) in [6, 6.07) is 5.23. The van der Waals surface area contributed by atoms with Gasteiger partial charge in [-0.15, -0.1) is 0 Å². The van der Waals surface area contributed by atoms with E-state index < -0.39 is 5.60 Å². The molecule has 0 saturated carbocycles. The van der Waals surface area contributed by atoms with Crippen molar-refractivity contribution >= 4 is 17.4 Å². The number of carbonyl (C=O) groups excluding carboxylic acids is 1. The van der Waals surface area contributed by atoms with E-state index in [9.17, 15) is 9.90 Å². The molecular formula is C18H25N3O2S. The molecule has 0 saturated heterocycles. The van der Waals surface area contributed by atoms with Crippen LogP contribution in [-0.4, -0.2) is 22.7 Å². The Hall–Kier alpha value is -1.92. The van der Waals surface area contributed by atoms with Gasteiger partial charge in [-0.25, -0.2) is 4.79 Å². The van der Waals surface area contributed by atoms with Crippen LogP contribution in [-0.2, 0) is 5.60 Å². The van der Waals surface area contributed by atoms with E-state index in [-0.39, 0.29) is 24.5 Å². The molecule has 130 valence electrons. The summed E-state index contributed by atoms with van der Waals surface area (Å²) in [5.41, 5.74) is 1.62. The highest BCUT2D eigenvalue weighted by atomic mass is 32.1. The Morgan fingerprint density at radius 3 is 2.75 bits per heavy atom. The number of hydrogen-bond acceptors (Lipinski definition) is 4. The van der Waals surface area contributed by atoms with Crippen LogP contribution in [0.25, 0.3) is 0 Å². The number of aryl methyl sites for hydroxylation is 1. The van der Waals surface area contributed by atoms with E-state index in [0.717, 1.165) is 16.8 Å². The van der Waals surface area contributed by atoms with Crippen molar-refractivity contribution in [1.29, 1.82) is 0 Å². The highest BCUT2D eigenvalue weighted by Gasteiger charge is 2.26. The van der Waals surface area contributed by atoms with Crippen LogP contribution in [0.4, 0.5) is 4.79 Å². The van der Waals surface area contributed by atoms with Crippen molar-refractivity contribution in [3.05, 3.63) is 52.0 Å². The van der Waals surface area contributed by atoms with Crippen LogP contribution in [0.2, 0.25) is 0 Å². The van der Waals surface area contributed by atoms with Crippen LogP contribution in [0.1, 0.15) is 43.6 Å². The largest absolute Gasteiger partial charge is 0.384 e. The smallest absolute Gasteiger partial charge is 0.315 e. The normalized spacial score (nSPS) is 14.9. The van der Waals surface area contributed by atoms with Gasteiger partial charge >= 0.3 is 6.03 Å². The minimum atomic E-state index is -1.09. The van der Waals surface area contributed by atoms with Crippen LogP contribution >= 0.6 is 11.3 Å². The third kappa shape index (κ3) is 4.55. The second-order valence-corrected chi connectivity index (χ2v) is 7.32. The lowest BCUT2D eigenvalue weighted by atomic mass is 9.97. The standard InChI is InChI=1S/C18H25N3O2S/c1-12(2)15(16-13(3)6-5-8-19-16)21-17(22)20-11-18(4,23)14-7-9-24-10-14/h5-10,12,15,23H,11H2,1-4H3,(H2,20,21,22). The minimum absolute atomic E-state index is 0.140. The number of aromatic nitrogens is 1. The molecule has 2 aromatic rings. The maximum atomic E-state index is 12.3. The number of thiophene rings is 1. The summed E-state index contributed by atoms with van der Waals surface area (Å²) in [5.74, 6) is 0.196. The van der Waals surface area contributed by atoms with Crippen molar-refractivity contribution in [2.75, 3.05) is 6.54 Å². The molecule has 0 fully saturated rings. The maximum absolute atomic E-state index is 12.3. The van der Waals surface area contributed by atoms with Gasteiger partial charge in [0.25, 0.3) is 0 Å². The van der Waals surface area contributed by atoms with E-state index in [1.807, 2.05) is 49.7 Å². The number of nitrogens with zero attached hydrogens (tertiary/aromatic N) is 1. The fourth-order valence-electron chi connectivity index (χ4n) is 2.49. The Kier molecular flexibility index (Phi) is 5.96. The summed E-state index contributed by atoms with van der Waals surface area (Å²) in [6.07, 6.45) is 1.73. The lowest BCUT2D eigenvalue weighted by Gasteiger charge is -2.26. The van der Waals surface area contributed by atoms with E-state index in [1.165, 1.54) is 11.3 Å². The van der Waals surface area contributed by atoms with Gasteiger partial charge in [-0.05, 0) is 53.8 Å². The molecule has 24 heavy (non-hydrogen) atoms. The fraction of sp³-hybridized carbons (Fsp3) is 0.444. The van der Waals surface area contributed by atoms with Crippen LogP contribution in [0.3, 0.4) is 0 Å². The molecule has 2 atom stereocenters. The number of carbonyl (C=O) groups is 1. The van der Waals surface area contributed by atoms with Gasteiger partial charge in [-0.2, -0.15) is 11.3 Å². The van der Waals surface area contributed by atoms with Crippen LogP contribution in [0.15, 0.2) is 35.2 Å². The molecule has 0 aliphatic carbocycles. The Balaban J connectivity index is 2.00. The van der Waals surface area contributed by atoms with Gasteiger partial charge in [0.05, 0.1) is 18.3 Å². The first-order chi connectivity index (χ1) is 11.3. The third-order valence-corrected chi connectivity index (χ3v) is 4.72. The van der Waals surface area contributed by atoms with Gasteiger partial charge in [0, 0.05) is 6.20 Å². The average Bonchev–Trinajstić information content (AvgIpc) is 3.07. The Labute approximate surface area is 147 Å². The first kappa shape index (κ1) is 18.4. The predicted molar refractivity (Wildman–Crippen MR) is 97.0 cm³/mol. The number of urea groups is 1. The fourth-order valence-corrected chi connectivity index (χ4v) is 3.27. The molecule has 6 heteroatoms. The molecule has 2 rings (SSSR count). The van der Waals surface area contributed by atoms with Crippen LogP contribution in [0.5, 0.6) is 0 Å². The molecule has 0 aliphatic heterocycles. The number of aliphatic hydroxyl groups is 1. The summed E-state index contributed by atoms with van der Waals surface area (Å²) in [6.45, 7) is 7.90. The highest BCUT2D eigenvalue weighted by molar-refractivity contribution is 7.08. The van der Waals surface area contributed by atoms with Crippen LogP contribution in [0, 0.1) is 12.8 Å². The van der Waals surface area contributed by atoms with Gasteiger partial charge in [-0.1, -0.05) is 19.9 Å². The molecule has 3 N–H and O–H groups in total. The first-order valence-electron chi connectivity index (χ1n) is 8.02. The molecular weight excluding hydrogens is 322 g/mol. The van der Waals surface area contributed by atoms with Crippen molar-refractivity contribution in [2.45, 2.75) is 39.3 Å². The Morgan fingerprint density at radius 1 is 1.42 bits per heavy atom. The third-order valence-electron chi connectivity index (χ3n) is 4.03. The van der Waals surface area contributed by atoms with E-state index >= 15 is 0 Å². The lowest BCUT2D eigenvalue weighted by molar-refractivity contribution is 0.0596. The molecule has 0 aromatic carbocycles. The SMILES string of the molecule is Cc1cccnc1C(NC(=O)NCC(C)(O)c1ccsc1)C(C)C. The summed E-state index contributed by atoms with van der Waals surface area (Å²) in [5, 5.41) is 20.0. The van der Waals surface area contributed by atoms with Crippen molar-refractivity contribution < 1.29 is 9.90 Å². The summed E-state index contributed by atoms with van der Waals surface area (Å²) in [4.78, 5) is 16.7. The van der Waals surface area contributed by atoms with Gasteiger partial charge < -0.3 is 15.7 Å². The molecule has 0 aliphatic rings. The molecule has 0 spiro atoms. The Morgan fingerprint density at radius 2 is 2.17 bits per heavy atom. The molecule has 2 heterocycles. The second kappa shape index (κ2) is 7.77. The van der Waals surface area contributed by atoms with E-state index in [0.29, 0.717) is 0 Å². The maximum Gasteiger partial charge on any atom is 0.315 e. The van der Waals surface area contributed by atoms with Gasteiger partial charge in [0.15, 0.2) is 0 Å². The van der Waals surface area contributed by atoms with Gasteiger partial charge in [0.1, 0.15) is 5.60 Å². The first-order valence-corrected chi connectivity index (χ1v) is 8.96. The zero-order valence-electron chi connectivity index (χ0n) is 14.5. The minimum Gasteiger partial charge on any atom is -0.384 e. The highest BCUT2D eigenvalue weighted by Crippen LogP contribution is 2.23. The zero-order chi connectivity index (χ0) is 17.7. The molecule has 0 radical (unpaired) electrons. The van der Waals surface area contributed by atoms with Crippen molar-refractivity contribution in [1.82, 2.24) is 15.6 Å². The predicted octanol–water partition coefficient (Wildman–Crippen LogP) is 3.36. The summed E-state index contributed by atoms with van der Waals surface area (Å²) in [7, 11) is 0. The van der Waals surface area contributed by atoms with Crippen LogP contribution < -0.4 is 10.6 Å².